The van der Waals surface area contributed by atoms with Crippen LogP contribution < -0.4 is 5.73 Å². The molecule has 2 N–H and O–H groups in total. The van der Waals surface area contributed by atoms with Crippen LogP contribution in [0.25, 0.3) is 0 Å². The second-order valence-electron chi connectivity index (χ2n) is 4.86. The summed E-state index contributed by atoms with van der Waals surface area (Å²) >= 11 is 5.93. The molecule has 0 aliphatic carbocycles. The third-order valence-corrected chi connectivity index (χ3v) is 3.59. The molecule has 6 heteroatoms. The first kappa shape index (κ1) is 14.7. The first-order chi connectivity index (χ1) is 9.52. The number of carbonyl (C=O) groups is 2. The van der Waals surface area contributed by atoms with E-state index in [0.29, 0.717) is 36.9 Å². The Labute approximate surface area is 123 Å². The summed E-state index contributed by atoms with van der Waals surface area (Å²) in [5, 5.41) is 0.567. The second-order valence-corrected chi connectivity index (χ2v) is 5.30. The Morgan fingerprint density at radius 2 is 1.85 bits per heavy atom. The van der Waals surface area contributed by atoms with Crippen LogP contribution >= 0.6 is 11.6 Å². The predicted molar refractivity (Wildman–Crippen MR) is 78.2 cm³/mol. The molecule has 1 fully saturated rings. The number of nitrogen functional groups attached to an aromatic ring is 1. The SMILES string of the molecule is CCCN1CCN(Cc2cc(Cl)ccc2N)C(=O)C1=O. The molecule has 0 bridgehead atoms. The van der Waals surface area contributed by atoms with Gasteiger partial charge in [0.15, 0.2) is 0 Å². The smallest absolute Gasteiger partial charge is 0.312 e. The number of nitrogens with two attached hydrogens (primary N) is 1. The Kier molecular flexibility index (Phi) is 4.49. The molecule has 2 amide bonds. The lowest BCUT2D eigenvalue weighted by Gasteiger charge is -2.33. The van der Waals surface area contributed by atoms with E-state index in [2.05, 4.69) is 0 Å². The van der Waals surface area contributed by atoms with Gasteiger partial charge in [-0.15, -0.1) is 0 Å². The Balaban J connectivity index is 2.09. The molecule has 0 saturated carbocycles. The van der Waals surface area contributed by atoms with Crippen LogP contribution in [0.4, 0.5) is 5.69 Å². The van der Waals surface area contributed by atoms with Crippen molar-refractivity contribution in [3.63, 3.8) is 0 Å². The topological polar surface area (TPSA) is 66.6 Å². The van der Waals surface area contributed by atoms with Crippen LogP contribution in [0.15, 0.2) is 18.2 Å². The number of benzene rings is 1. The van der Waals surface area contributed by atoms with Crippen molar-refractivity contribution in [2.45, 2.75) is 19.9 Å². The normalized spacial score (nSPS) is 15.9. The molecule has 1 aromatic carbocycles. The molecule has 0 unspecified atom stereocenters. The number of hydrogen-bond donors (Lipinski definition) is 1. The molecule has 0 spiro atoms. The van der Waals surface area contributed by atoms with E-state index in [1.54, 1.807) is 23.1 Å². The van der Waals surface area contributed by atoms with Crippen molar-refractivity contribution < 1.29 is 9.59 Å². The van der Waals surface area contributed by atoms with Gasteiger partial charge in [0.2, 0.25) is 0 Å². The summed E-state index contributed by atoms with van der Waals surface area (Å²) in [5.41, 5.74) is 7.21. The summed E-state index contributed by atoms with van der Waals surface area (Å²) in [6.45, 7) is 4.01. The van der Waals surface area contributed by atoms with E-state index >= 15 is 0 Å². The monoisotopic (exact) mass is 295 g/mol. The average Bonchev–Trinajstić information content (AvgIpc) is 2.42. The van der Waals surface area contributed by atoms with E-state index in [1.165, 1.54) is 4.90 Å². The summed E-state index contributed by atoms with van der Waals surface area (Å²) in [5.74, 6) is -0.900. The highest BCUT2D eigenvalue weighted by molar-refractivity contribution is 6.35. The van der Waals surface area contributed by atoms with Crippen LogP contribution in [-0.4, -0.2) is 41.2 Å². The van der Waals surface area contributed by atoms with E-state index in [-0.39, 0.29) is 0 Å². The van der Waals surface area contributed by atoms with E-state index in [1.807, 2.05) is 6.92 Å². The Hall–Kier alpha value is -1.75. The standard InChI is InChI=1S/C14H18ClN3O2/c1-2-5-17-6-7-18(14(20)13(17)19)9-10-8-11(15)3-4-12(10)16/h3-4,8H,2,5-7,9,16H2,1H3. The van der Waals surface area contributed by atoms with Gasteiger partial charge in [-0.3, -0.25) is 9.59 Å². The zero-order valence-corrected chi connectivity index (χ0v) is 12.2. The summed E-state index contributed by atoms with van der Waals surface area (Å²) in [7, 11) is 0. The van der Waals surface area contributed by atoms with Crippen LogP contribution in [0.3, 0.4) is 0 Å². The van der Waals surface area contributed by atoms with Gasteiger partial charge in [-0.25, -0.2) is 0 Å². The highest BCUT2D eigenvalue weighted by Crippen LogP contribution is 2.20. The highest BCUT2D eigenvalue weighted by atomic mass is 35.5. The molecule has 0 aromatic heterocycles. The van der Waals surface area contributed by atoms with Crippen molar-refractivity contribution in [3.05, 3.63) is 28.8 Å². The van der Waals surface area contributed by atoms with Gasteiger partial charge in [-0.05, 0) is 30.2 Å². The van der Waals surface area contributed by atoms with Crippen molar-refractivity contribution in [2.24, 2.45) is 0 Å². The van der Waals surface area contributed by atoms with E-state index < -0.39 is 11.8 Å². The quantitative estimate of drug-likeness (QED) is 0.676. The third kappa shape index (κ3) is 3.04. The molecule has 1 aliphatic rings. The van der Waals surface area contributed by atoms with E-state index in [9.17, 15) is 9.59 Å². The number of piperazine rings is 1. The maximum atomic E-state index is 12.1. The van der Waals surface area contributed by atoms with Crippen LogP contribution in [0, 0.1) is 0 Å². The molecule has 0 atom stereocenters. The van der Waals surface area contributed by atoms with Gasteiger partial charge in [-0.2, -0.15) is 0 Å². The molecule has 1 aliphatic heterocycles. The number of carbonyl (C=O) groups excluding carboxylic acids is 2. The van der Waals surface area contributed by atoms with E-state index in [4.69, 9.17) is 17.3 Å². The van der Waals surface area contributed by atoms with Gasteiger partial charge in [0.25, 0.3) is 0 Å². The minimum Gasteiger partial charge on any atom is -0.398 e. The summed E-state index contributed by atoms with van der Waals surface area (Å²) in [6.07, 6.45) is 0.847. The summed E-state index contributed by atoms with van der Waals surface area (Å²) in [6, 6.07) is 5.14. The largest absolute Gasteiger partial charge is 0.398 e. The van der Waals surface area contributed by atoms with Crippen molar-refractivity contribution in [1.29, 1.82) is 0 Å². The first-order valence-corrected chi connectivity index (χ1v) is 7.02. The lowest BCUT2D eigenvalue weighted by molar-refractivity contribution is -0.156. The van der Waals surface area contributed by atoms with Gasteiger partial charge >= 0.3 is 11.8 Å². The number of amides is 2. The predicted octanol–water partition coefficient (Wildman–Crippen LogP) is 1.50. The molecule has 20 heavy (non-hydrogen) atoms. The number of rotatable bonds is 4. The zero-order chi connectivity index (χ0) is 14.7. The fourth-order valence-electron chi connectivity index (χ4n) is 2.27. The molecule has 2 rings (SSSR count). The van der Waals surface area contributed by atoms with Crippen LogP contribution in [-0.2, 0) is 16.1 Å². The van der Waals surface area contributed by atoms with Gasteiger partial charge in [0.1, 0.15) is 0 Å². The molecular weight excluding hydrogens is 278 g/mol. The number of hydrogen-bond acceptors (Lipinski definition) is 3. The highest BCUT2D eigenvalue weighted by Gasteiger charge is 2.32. The van der Waals surface area contributed by atoms with Crippen LogP contribution in [0.2, 0.25) is 5.02 Å². The van der Waals surface area contributed by atoms with Crippen LogP contribution in [0.1, 0.15) is 18.9 Å². The van der Waals surface area contributed by atoms with Crippen LogP contribution in [0.5, 0.6) is 0 Å². The van der Waals surface area contributed by atoms with Gasteiger partial charge < -0.3 is 15.5 Å². The minimum absolute atomic E-state index is 0.316. The first-order valence-electron chi connectivity index (χ1n) is 6.65. The number of halogens is 1. The van der Waals surface area contributed by atoms with E-state index in [0.717, 1.165) is 12.0 Å². The zero-order valence-electron chi connectivity index (χ0n) is 11.4. The molecular formula is C14H18ClN3O2. The van der Waals surface area contributed by atoms with Crippen molar-refractivity contribution >= 4 is 29.1 Å². The number of nitrogens with zero attached hydrogens (tertiary/aromatic N) is 2. The lowest BCUT2D eigenvalue weighted by Crippen LogP contribution is -2.54. The fourth-order valence-corrected chi connectivity index (χ4v) is 2.46. The van der Waals surface area contributed by atoms with Gasteiger partial charge in [-0.1, -0.05) is 18.5 Å². The molecule has 5 nitrogen and oxygen atoms in total. The molecule has 1 aromatic rings. The van der Waals surface area contributed by atoms with Crippen molar-refractivity contribution in [1.82, 2.24) is 9.80 Å². The second kappa shape index (κ2) is 6.13. The maximum absolute atomic E-state index is 12.1. The number of anilines is 1. The average molecular weight is 296 g/mol. The van der Waals surface area contributed by atoms with Crippen molar-refractivity contribution in [3.8, 4) is 0 Å². The summed E-state index contributed by atoms with van der Waals surface area (Å²) in [4.78, 5) is 27.1. The molecule has 1 saturated heterocycles. The fraction of sp³-hybridized carbons (Fsp3) is 0.429. The molecule has 0 radical (unpaired) electrons. The Bertz CT molecular complexity index is 533. The summed E-state index contributed by atoms with van der Waals surface area (Å²) < 4.78 is 0. The third-order valence-electron chi connectivity index (χ3n) is 3.36. The van der Waals surface area contributed by atoms with Crippen molar-refractivity contribution in [2.75, 3.05) is 25.4 Å². The maximum Gasteiger partial charge on any atom is 0.312 e. The minimum atomic E-state index is -0.468. The Morgan fingerprint density at radius 3 is 2.55 bits per heavy atom. The van der Waals surface area contributed by atoms with Gasteiger partial charge in [0, 0.05) is 36.9 Å². The lowest BCUT2D eigenvalue weighted by atomic mass is 10.1. The molecule has 1 heterocycles. The Morgan fingerprint density at radius 1 is 1.20 bits per heavy atom. The molecule has 108 valence electrons. The van der Waals surface area contributed by atoms with Gasteiger partial charge in [0.05, 0.1) is 0 Å².